The quantitative estimate of drug-likeness (QED) is 0.463. The Morgan fingerprint density at radius 1 is 1.07 bits per heavy atom. The number of non-ortho nitro benzene ring substituents is 1. The highest BCUT2D eigenvalue weighted by Crippen LogP contribution is 2.39. The fourth-order valence-corrected chi connectivity index (χ4v) is 3.46. The van der Waals surface area contributed by atoms with Gasteiger partial charge in [0.15, 0.2) is 0 Å². The van der Waals surface area contributed by atoms with Gasteiger partial charge in [0.25, 0.3) is 11.6 Å². The summed E-state index contributed by atoms with van der Waals surface area (Å²) in [5, 5.41) is 14.8. The van der Waals surface area contributed by atoms with E-state index in [1.54, 1.807) is 24.3 Å². The normalized spacial score (nSPS) is 21.2. The van der Waals surface area contributed by atoms with Gasteiger partial charge in [-0.3, -0.25) is 19.7 Å². The lowest BCUT2D eigenvalue weighted by atomic mass is 9.92. The Bertz CT molecular complexity index is 1040. The third kappa shape index (κ3) is 2.74. The number of imide groups is 1. The van der Waals surface area contributed by atoms with Gasteiger partial charge in [0.05, 0.1) is 22.7 Å². The molecular weight excluding hydrogens is 362 g/mol. The van der Waals surface area contributed by atoms with Crippen LogP contribution in [0, 0.1) is 24.0 Å². The zero-order valence-corrected chi connectivity index (χ0v) is 15.3. The van der Waals surface area contributed by atoms with Crippen molar-refractivity contribution in [3.05, 3.63) is 69.3 Å². The van der Waals surface area contributed by atoms with Gasteiger partial charge in [-0.05, 0) is 54.8 Å². The molecule has 8 heteroatoms. The maximum Gasteiger partial charge on any atom is 0.281 e. The molecule has 2 amide bonds. The molecule has 1 saturated heterocycles. The molecular formula is C20H17N3O5. The number of rotatable bonds is 3. The molecule has 2 aromatic carbocycles. The number of amides is 2. The smallest absolute Gasteiger partial charge is 0.281 e. The van der Waals surface area contributed by atoms with E-state index >= 15 is 0 Å². The lowest BCUT2D eigenvalue weighted by Crippen LogP contribution is -2.40. The summed E-state index contributed by atoms with van der Waals surface area (Å²) >= 11 is 0. The number of nitrogens with zero attached hydrogens (tertiary/aromatic N) is 3. The SMILES string of the molecule is Cc1ccc(N2C(=O)C[C@]3(CC(c4ccc([N+](=O)[O-])cc4)=NO3)C2=O)cc1C. The monoisotopic (exact) mass is 379 g/mol. The molecule has 0 aliphatic carbocycles. The predicted octanol–water partition coefficient (Wildman–Crippen LogP) is 3.04. The second-order valence-electron chi connectivity index (χ2n) is 7.08. The van der Waals surface area contributed by atoms with E-state index in [4.69, 9.17) is 4.84 Å². The summed E-state index contributed by atoms with van der Waals surface area (Å²) in [5.74, 6) is -0.783. The molecule has 1 spiro atoms. The number of nitro benzene ring substituents is 1. The van der Waals surface area contributed by atoms with E-state index in [1.807, 2.05) is 19.9 Å². The fourth-order valence-electron chi connectivity index (χ4n) is 3.46. The molecule has 28 heavy (non-hydrogen) atoms. The molecule has 1 atom stereocenters. The Balaban J connectivity index is 1.58. The van der Waals surface area contributed by atoms with Crippen LogP contribution < -0.4 is 4.90 Å². The fraction of sp³-hybridized carbons (Fsp3) is 0.250. The summed E-state index contributed by atoms with van der Waals surface area (Å²) in [6.07, 6.45) is 0.0372. The average molecular weight is 379 g/mol. The first-order valence-corrected chi connectivity index (χ1v) is 8.75. The number of nitro groups is 1. The molecule has 2 aliphatic rings. The van der Waals surface area contributed by atoms with E-state index in [0.717, 1.165) is 16.0 Å². The van der Waals surface area contributed by atoms with Crippen molar-refractivity contribution in [1.82, 2.24) is 0 Å². The molecule has 2 heterocycles. The predicted molar refractivity (Wildman–Crippen MR) is 101 cm³/mol. The second kappa shape index (κ2) is 6.26. The first-order chi connectivity index (χ1) is 13.3. The Hall–Kier alpha value is -3.55. The van der Waals surface area contributed by atoms with E-state index in [0.29, 0.717) is 17.0 Å². The molecule has 2 aliphatic heterocycles. The van der Waals surface area contributed by atoms with Gasteiger partial charge in [0.1, 0.15) is 0 Å². The number of carbonyl (C=O) groups excluding carboxylic acids is 2. The van der Waals surface area contributed by atoms with Crippen LogP contribution in [0.25, 0.3) is 0 Å². The van der Waals surface area contributed by atoms with Gasteiger partial charge in [0.2, 0.25) is 11.5 Å². The maximum absolute atomic E-state index is 13.1. The van der Waals surface area contributed by atoms with Crippen molar-refractivity contribution in [2.75, 3.05) is 4.90 Å². The van der Waals surface area contributed by atoms with Gasteiger partial charge in [-0.25, -0.2) is 4.90 Å². The summed E-state index contributed by atoms with van der Waals surface area (Å²) in [6.45, 7) is 3.88. The van der Waals surface area contributed by atoms with Crippen molar-refractivity contribution in [2.24, 2.45) is 5.16 Å². The zero-order chi connectivity index (χ0) is 20.1. The highest BCUT2D eigenvalue weighted by atomic mass is 16.7. The van der Waals surface area contributed by atoms with E-state index in [-0.39, 0.29) is 24.4 Å². The summed E-state index contributed by atoms with van der Waals surface area (Å²) in [6, 6.07) is 11.3. The minimum Gasteiger partial charge on any atom is -0.378 e. The van der Waals surface area contributed by atoms with Crippen molar-refractivity contribution in [3.8, 4) is 0 Å². The average Bonchev–Trinajstić information content (AvgIpc) is 3.19. The van der Waals surface area contributed by atoms with Gasteiger partial charge in [0, 0.05) is 18.6 Å². The van der Waals surface area contributed by atoms with Crippen LogP contribution in [0.15, 0.2) is 47.6 Å². The Labute approximate surface area is 160 Å². The molecule has 0 N–H and O–H groups in total. The summed E-state index contributed by atoms with van der Waals surface area (Å²) < 4.78 is 0. The third-order valence-electron chi connectivity index (χ3n) is 5.22. The topological polar surface area (TPSA) is 102 Å². The van der Waals surface area contributed by atoms with Gasteiger partial charge < -0.3 is 4.84 Å². The molecule has 1 fully saturated rings. The number of aryl methyl sites for hydroxylation is 2. The van der Waals surface area contributed by atoms with Crippen molar-refractivity contribution in [2.45, 2.75) is 32.3 Å². The Kier molecular flexibility index (Phi) is 3.99. The first-order valence-electron chi connectivity index (χ1n) is 8.75. The molecule has 2 aromatic rings. The number of hydrogen-bond donors (Lipinski definition) is 0. The summed E-state index contributed by atoms with van der Waals surface area (Å²) in [7, 11) is 0. The number of benzene rings is 2. The minimum absolute atomic E-state index is 0.0361. The maximum atomic E-state index is 13.1. The molecule has 0 saturated carbocycles. The van der Waals surface area contributed by atoms with Gasteiger partial charge >= 0.3 is 0 Å². The molecule has 142 valence electrons. The summed E-state index contributed by atoms with van der Waals surface area (Å²) in [4.78, 5) is 42.6. The van der Waals surface area contributed by atoms with Crippen molar-refractivity contribution in [1.29, 1.82) is 0 Å². The van der Waals surface area contributed by atoms with Crippen LogP contribution in [0.2, 0.25) is 0 Å². The van der Waals surface area contributed by atoms with Gasteiger partial charge in [-0.2, -0.15) is 0 Å². The van der Waals surface area contributed by atoms with Crippen molar-refractivity contribution in [3.63, 3.8) is 0 Å². The third-order valence-corrected chi connectivity index (χ3v) is 5.22. The van der Waals surface area contributed by atoms with Crippen LogP contribution in [-0.2, 0) is 14.4 Å². The van der Waals surface area contributed by atoms with Crippen LogP contribution in [0.1, 0.15) is 29.5 Å². The minimum atomic E-state index is -1.35. The van der Waals surface area contributed by atoms with E-state index in [2.05, 4.69) is 5.16 Å². The molecule has 0 aromatic heterocycles. The van der Waals surface area contributed by atoms with Crippen molar-refractivity contribution >= 4 is 28.9 Å². The lowest BCUT2D eigenvalue weighted by Gasteiger charge is -2.20. The van der Waals surface area contributed by atoms with E-state index in [9.17, 15) is 19.7 Å². The van der Waals surface area contributed by atoms with Crippen molar-refractivity contribution < 1.29 is 19.3 Å². The van der Waals surface area contributed by atoms with Gasteiger partial charge in [-0.15, -0.1) is 0 Å². The number of hydrogen-bond acceptors (Lipinski definition) is 6. The summed E-state index contributed by atoms with van der Waals surface area (Å²) in [5.41, 5.74) is 2.28. The lowest BCUT2D eigenvalue weighted by molar-refractivity contribution is -0.384. The van der Waals surface area contributed by atoms with Crippen LogP contribution in [0.5, 0.6) is 0 Å². The highest BCUT2D eigenvalue weighted by molar-refractivity contribution is 6.25. The van der Waals surface area contributed by atoms with E-state index < -0.39 is 16.4 Å². The molecule has 4 rings (SSSR count). The van der Waals surface area contributed by atoms with Crippen LogP contribution in [0.4, 0.5) is 11.4 Å². The number of oxime groups is 1. The number of carbonyl (C=O) groups is 2. The Morgan fingerprint density at radius 3 is 2.43 bits per heavy atom. The largest absolute Gasteiger partial charge is 0.378 e. The molecule has 0 radical (unpaired) electrons. The van der Waals surface area contributed by atoms with Crippen LogP contribution in [0.3, 0.4) is 0 Å². The second-order valence-corrected chi connectivity index (χ2v) is 7.08. The molecule has 0 unspecified atom stereocenters. The first kappa shape index (κ1) is 17.8. The van der Waals surface area contributed by atoms with E-state index in [1.165, 1.54) is 12.1 Å². The number of anilines is 1. The standard InChI is InChI=1S/C20H17N3O5/c1-12-3-6-16(9-13(12)2)22-18(24)11-20(19(22)25)10-17(21-28-20)14-4-7-15(8-5-14)23(26)27/h3-9H,10-11H2,1-2H3/t20-/m1/s1. The zero-order valence-electron chi connectivity index (χ0n) is 15.3. The van der Waals surface area contributed by atoms with Gasteiger partial charge in [-0.1, -0.05) is 11.2 Å². The van der Waals surface area contributed by atoms with Crippen LogP contribution >= 0.6 is 0 Å². The Morgan fingerprint density at radius 2 is 1.79 bits per heavy atom. The van der Waals surface area contributed by atoms with Crippen LogP contribution in [-0.4, -0.2) is 28.1 Å². The molecule has 0 bridgehead atoms. The highest BCUT2D eigenvalue weighted by Gasteiger charge is 2.58. The molecule has 8 nitrogen and oxygen atoms in total.